The lowest BCUT2D eigenvalue weighted by atomic mass is 9.78. The van der Waals surface area contributed by atoms with Crippen LogP contribution in [-0.4, -0.2) is 38.8 Å². The molecule has 1 fully saturated rings. The minimum absolute atomic E-state index is 0.0386. The van der Waals surface area contributed by atoms with Gasteiger partial charge in [0.1, 0.15) is 5.54 Å². The minimum Gasteiger partial charge on any atom is -0.384 e. The molecule has 2 atom stereocenters. The van der Waals surface area contributed by atoms with Crippen molar-refractivity contribution in [2.24, 2.45) is 0 Å². The summed E-state index contributed by atoms with van der Waals surface area (Å²) in [5, 5.41) is 3.10. The van der Waals surface area contributed by atoms with Crippen LogP contribution in [0.3, 0.4) is 0 Å². The summed E-state index contributed by atoms with van der Waals surface area (Å²) in [7, 11) is -3.81. The Morgan fingerprint density at radius 2 is 1.87 bits per heavy atom. The van der Waals surface area contributed by atoms with Crippen molar-refractivity contribution >= 4 is 21.6 Å². The summed E-state index contributed by atoms with van der Waals surface area (Å²) < 4.78 is 36.0. The van der Waals surface area contributed by atoms with E-state index in [4.69, 9.17) is 8.92 Å². The second kappa shape index (κ2) is 8.71. The highest BCUT2D eigenvalue weighted by molar-refractivity contribution is 7.86. The first kappa shape index (κ1) is 22.8. The molecule has 7 heteroatoms. The number of nitrogens with one attached hydrogen (secondary N) is 1. The molecule has 2 unspecified atom stereocenters. The van der Waals surface area contributed by atoms with Gasteiger partial charge < -0.3 is 14.2 Å². The first-order valence-corrected chi connectivity index (χ1v) is 12.5. The zero-order chi connectivity index (χ0) is 22.1. The van der Waals surface area contributed by atoms with Gasteiger partial charge in [-0.25, -0.2) is 0 Å². The van der Waals surface area contributed by atoms with Gasteiger partial charge in [0.15, 0.2) is 5.76 Å². The highest BCUT2D eigenvalue weighted by Gasteiger charge is 2.51. The van der Waals surface area contributed by atoms with E-state index < -0.39 is 15.7 Å². The molecule has 0 saturated heterocycles. The molecule has 0 bridgehead atoms. The van der Waals surface area contributed by atoms with E-state index in [0.29, 0.717) is 25.0 Å². The van der Waals surface area contributed by atoms with Crippen molar-refractivity contribution in [3.63, 3.8) is 0 Å². The topological polar surface area (TPSA) is 81.7 Å². The van der Waals surface area contributed by atoms with Crippen LogP contribution < -0.4 is 5.32 Å². The number of rotatable bonds is 7. The van der Waals surface area contributed by atoms with Gasteiger partial charge in [0, 0.05) is 13.0 Å². The van der Waals surface area contributed by atoms with Crippen molar-refractivity contribution in [1.82, 2.24) is 5.32 Å². The van der Waals surface area contributed by atoms with Gasteiger partial charge >= 0.3 is 10.1 Å². The van der Waals surface area contributed by atoms with E-state index >= 15 is 0 Å². The molecule has 1 N–H and O–H groups in total. The molecular weight excluding hydrogens is 402 g/mol. The normalized spacial score (nSPS) is 24.4. The fourth-order valence-electron chi connectivity index (χ4n) is 4.83. The van der Waals surface area contributed by atoms with Crippen LogP contribution in [0.4, 0.5) is 0 Å². The van der Waals surface area contributed by atoms with Gasteiger partial charge in [-0.3, -0.25) is 4.79 Å². The second-order valence-corrected chi connectivity index (χ2v) is 10.3. The molecule has 2 aliphatic rings. The molecule has 1 aliphatic heterocycles. The summed E-state index contributed by atoms with van der Waals surface area (Å²) in [6.07, 6.45) is 5.88. The van der Waals surface area contributed by atoms with Gasteiger partial charge in [0.2, 0.25) is 0 Å². The average Bonchev–Trinajstić information content (AvgIpc) is 2.85. The lowest BCUT2D eigenvalue weighted by molar-refractivity contribution is -0.117. The third-order valence-electron chi connectivity index (χ3n) is 5.96. The third kappa shape index (κ3) is 4.72. The number of hydrogen-bond donors (Lipinski definition) is 1. The molecule has 1 heterocycles. The molecule has 30 heavy (non-hydrogen) atoms. The summed E-state index contributed by atoms with van der Waals surface area (Å²) in [5.74, 6) is -0.0493. The van der Waals surface area contributed by atoms with Crippen molar-refractivity contribution in [2.45, 2.75) is 77.9 Å². The van der Waals surface area contributed by atoms with Crippen molar-refractivity contribution in [2.75, 3.05) is 12.9 Å². The van der Waals surface area contributed by atoms with E-state index in [2.05, 4.69) is 12.2 Å². The number of hydrogen-bond acceptors (Lipinski definition) is 5. The number of aryl methyl sites for hydroxylation is 3. The van der Waals surface area contributed by atoms with Crippen LogP contribution in [0.15, 0.2) is 17.9 Å². The molecule has 1 spiro atoms. The smallest absolute Gasteiger partial charge is 0.306 e. The Hall–Kier alpha value is -1.86. The fourth-order valence-corrected chi connectivity index (χ4v) is 5.38. The zero-order valence-corrected chi connectivity index (χ0v) is 19.4. The van der Waals surface area contributed by atoms with Crippen LogP contribution in [0, 0.1) is 20.8 Å². The summed E-state index contributed by atoms with van der Waals surface area (Å²) in [6.45, 7) is 8.66. The SMILES string of the molecule is CCCCOC1CCCC2(C1)NC(=O)C(c1c(C)cc(C)cc1C)=C2OS(C)(=O)=O. The van der Waals surface area contributed by atoms with Crippen LogP contribution in [0.25, 0.3) is 5.57 Å². The molecule has 1 aliphatic carbocycles. The van der Waals surface area contributed by atoms with Gasteiger partial charge in [0.25, 0.3) is 5.91 Å². The molecule has 166 valence electrons. The van der Waals surface area contributed by atoms with Crippen LogP contribution in [0.1, 0.15) is 67.7 Å². The number of benzene rings is 1. The largest absolute Gasteiger partial charge is 0.384 e. The molecule has 1 aromatic carbocycles. The Bertz CT molecular complexity index is 943. The van der Waals surface area contributed by atoms with Crippen molar-refractivity contribution in [3.05, 3.63) is 40.1 Å². The number of carbonyl (C=O) groups excluding carboxylic acids is 1. The van der Waals surface area contributed by atoms with E-state index in [1.807, 2.05) is 32.9 Å². The van der Waals surface area contributed by atoms with E-state index in [-0.39, 0.29) is 17.8 Å². The van der Waals surface area contributed by atoms with Crippen LogP contribution in [0.5, 0.6) is 0 Å². The first-order valence-electron chi connectivity index (χ1n) is 10.7. The highest BCUT2D eigenvalue weighted by atomic mass is 32.2. The Kier molecular flexibility index (Phi) is 6.63. The molecule has 1 aromatic rings. The van der Waals surface area contributed by atoms with E-state index in [1.54, 1.807) is 0 Å². The number of carbonyl (C=O) groups is 1. The summed E-state index contributed by atoms with van der Waals surface area (Å²) in [5.41, 5.74) is 3.18. The van der Waals surface area contributed by atoms with Gasteiger partial charge in [-0.05, 0) is 63.1 Å². The van der Waals surface area contributed by atoms with Gasteiger partial charge in [-0.15, -0.1) is 0 Å². The standard InChI is InChI=1S/C23H33NO5S/c1-6-7-11-28-18-9-8-10-23(14-18)21(29-30(5,26)27)20(22(25)24-23)19-16(3)12-15(2)13-17(19)4/h12-13,18H,6-11,14H2,1-5H3,(H,24,25). The van der Waals surface area contributed by atoms with Crippen LogP contribution >= 0.6 is 0 Å². The number of ether oxygens (including phenoxy) is 1. The first-order chi connectivity index (χ1) is 14.1. The second-order valence-electron chi connectivity index (χ2n) is 8.74. The Morgan fingerprint density at radius 3 is 2.47 bits per heavy atom. The summed E-state index contributed by atoms with van der Waals surface area (Å²) >= 11 is 0. The third-order valence-corrected chi connectivity index (χ3v) is 6.43. The van der Waals surface area contributed by atoms with E-state index in [9.17, 15) is 13.2 Å². The molecule has 6 nitrogen and oxygen atoms in total. The maximum Gasteiger partial charge on any atom is 0.306 e. The number of amides is 1. The van der Waals surface area contributed by atoms with Crippen molar-refractivity contribution in [1.29, 1.82) is 0 Å². The zero-order valence-electron chi connectivity index (χ0n) is 18.6. The van der Waals surface area contributed by atoms with Crippen molar-refractivity contribution < 1.29 is 22.1 Å². The minimum atomic E-state index is -3.81. The maximum absolute atomic E-state index is 13.2. The summed E-state index contributed by atoms with van der Waals surface area (Å²) in [4.78, 5) is 13.2. The van der Waals surface area contributed by atoms with Gasteiger partial charge in [-0.2, -0.15) is 8.42 Å². The molecular formula is C23H33NO5S. The number of unbranched alkanes of at least 4 members (excludes halogenated alkanes) is 1. The Labute approximate surface area is 180 Å². The van der Waals surface area contributed by atoms with Crippen LogP contribution in [-0.2, 0) is 23.8 Å². The molecule has 0 aromatic heterocycles. The van der Waals surface area contributed by atoms with Gasteiger partial charge in [0.05, 0.1) is 17.9 Å². The maximum atomic E-state index is 13.2. The lowest BCUT2D eigenvalue weighted by Gasteiger charge is -2.38. The van der Waals surface area contributed by atoms with Gasteiger partial charge in [-0.1, -0.05) is 31.0 Å². The molecule has 3 rings (SSSR count). The lowest BCUT2D eigenvalue weighted by Crippen LogP contribution is -2.50. The predicted octanol–water partition coefficient (Wildman–Crippen LogP) is 3.93. The summed E-state index contributed by atoms with van der Waals surface area (Å²) in [6, 6.07) is 4.01. The van der Waals surface area contributed by atoms with E-state index in [0.717, 1.165) is 54.2 Å². The van der Waals surface area contributed by atoms with Crippen LogP contribution in [0.2, 0.25) is 0 Å². The molecule has 1 saturated carbocycles. The predicted molar refractivity (Wildman–Crippen MR) is 117 cm³/mol. The molecule has 0 radical (unpaired) electrons. The van der Waals surface area contributed by atoms with E-state index in [1.165, 1.54) is 0 Å². The highest BCUT2D eigenvalue weighted by Crippen LogP contribution is 2.45. The molecule has 1 amide bonds. The quantitative estimate of drug-likeness (QED) is 0.518. The Balaban J connectivity index is 2.10. The monoisotopic (exact) mass is 435 g/mol. The fraction of sp³-hybridized carbons (Fsp3) is 0.609. The average molecular weight is 436 g/mol. The Morgan fingerprint density at radius 1 is 1.20 bits per heavy atom. The van der Waals surface area contributed by atoms with Crippen molar-refractivity contribution in [3.8, 4) is 0 Å².